The van der Waals surface area contributed by atoms with Crippen LogP contribution in [0.5, 0.6) is 0 Å². The number of aryl methyl sites for hydroxylation is 1. The van der Waals surface area contributed by atoms with Crippen molar-refractivity contribution in [3.63, 3.8) is 0 Å². The molecule has 2 aromatic rings. The zero-order valence-corrected chi connectivity index (χ0v) is 11.3. The van der Waals surface area contributed by atoms with Crippen molar-refractivity contribution in [3.05, 3.63) is 51.4 Å². The summed E-state index contributed by atoms with van der Waals surface area (Å²) in [6.45, 7) is 1.76. The van der Waals surface area contributed by atoms with Gasteiger partial charge in [-0.3, -0.25) is 14.9 Å². The van der Waals surface area contributed by atoms with Crippen LogP contribution in [0.4, 0.5) is 11.4 Å². The molecule has 1 fully saturated rings. The molecule has 0 spiro atoms. The van der Waals surface area contributed by atoms with Crippen LogP contribution >= 0.6 is 0 Å². The van der Waals surface area contributed by atoms with Crippen LogP contribution in [-0.2, 0) is 0 Å². The Hall–Kier alpha value is -2.70. The Labute approximate surface area is 120 Å². The van der Waals surface area contributed by atoms with E-state index in [9.17, 15) is 14.9 Å². The predicted octanol–water partition coefficient (Wildman–Crippen LogP) is 3.02. The summed E-state index contributed by atoms with van der Waals surface area (Å²) in [5.41, 5.74) is 1.24. The van der Waals surface area contributed by atoms with Crippen LogP contribution in [-0.4, -0.2) is 16.0 Å². The first-order valence-corrected chi connectivity index (χ1v) is 6.57. The van der Waals surface area contributed by atoms with Gasteiger partial charge in [0.2, 0.25) is 0 Å². The maximum Gasteiger partial charge on any atom is 0.277 e. The number of hydrogen-bond acceptors (Lipinski definition) is 5. The predicted molar refractivity (Wildman–Crippen MR) is 74.3 cm³/mol. The summed E-state index contributed by atoms with van der Waals surface area (Å²) in [6, 6.07) is 5.94. The molecule has 0 unspecified atom stereocenters. The van der Waals surface area contributed by atoms with Crippen molar-refractivity contribution < 1.29 is 14.2 Å². The zero-order valence-electron chi connectivity index (χ0n) is 11.3. The lowest BCUT2D eigenvalue weighted by Crippen LogP contribution is -2.13. The Morgan fingerprint density at radius 3 is 2.86 bits per heavy atom. The number of non-ortho nitro benzene ring substituents is 1. The molecule has 0 aliphatic heterocycles. The van der Waals surface area contributed by atoms with Gasteiger partial charge in [0.25, 0.3) is 11.6 Å². The highest BCUT2D eigenvalue weighted by Gasteiger charge is 2.29. The lowest BCUT2D eigenvalue weighted by Gasteiger charge is -2.06. The van der Waals surface area contributed by atoms with Gasteiger partial charge in [0.15, 0.2) is 5.69 Å². The fraction of sp³-hybridized carbons (Fsp3) is 0.286. The van der Waals surface area contributed by atoms with E-state index in [1.54, 1.807) is 19.1 Å². The first-order valence-electron chi connectivity index (χ1n) is 6.57. The third-order valence-corrected chi connectivity index (χ3v) is 3.42. The molecule has 1 aromatic heterocycles. The van der Waals surface area contributed by atoms with Gasteiger partial charge in [0.05, 0.1) is 10.6 Å². The molecule has 0 atom stereocenters. The third kappa shape index (κ3) is 2.76. The second-order valence-electron chi connectivity index (χ2n) is 5.10. The molecule has 1 heterocycles. The van der Waals surface area contributed by atoms with Crippen molar-refractivity contribution in [1.82, 2.24) is 5.16 Å². The van der Waals surface area contributed by atoms with Crippen molar-refractivity contribution in [1.29, 1.82) is 0 Å². The number of carbonyl (C=O) groups excluding carboxylic acids is 1. The highest BCUT2D eigenvalue weighted by molar-refractivity contribution is 6.03. The molecule has 0 saturated heterocycles. The van der Waals surface area contributed by atoms with E-state index in [2.05, 4.69) is 10.5 Å². The lowest BCUT2D eigenvalue weighted by atomic mass is 10.1. The number of anilines is 1. The van der Waals surface area contributed by atoms with Crippen molar-refractivity contribution in [2.45, 2.75) is 25.7 Å². The van der Waals surface area contributed by atoms with E-state index >= 15 is 0 Å². The molecule has 3 rings (SSSR count). The molecule has 0 radical (unpaired) electrons. The van der Waals surface area contributed by atoms with Gasteiger partial charge in [-0.1, -0.05) is 11.2 Å². The third-order valence-electron chi connectivity index (χ3n) is 3.42. The molecule has 1 N–H and O–H groups in total. The minimum absolute atomic E-state index is 0.0743. The molecule has 21 heavy (non-hydrogen) atoms. The van der Waals surface area contributed by atoms with Gasteiger partial charge < -0.3 is 9.84 Å². The van der Waals surface area contributed by atoms with Crippen LogP contribution in [0.3, 0.4) is 0 Å². The quantitative estimate of drug-likeness (QED) is 0.688. The Morgan fingerprint density at radius 1 is 1.43 bits per heavy atom. The molecule has 1 aliphatic rings. The van der Waals surface area contributed by atoms with Crippen LogP contribution in [0.15, 0.2) is 28.8 Å². The van der Waals surface area contributed by atoms with E-state index in [1.807, 2.05) is 0 Å². The number of aromatic nitrogens is 1. The molecular formula is C14H13N3O4. The van der Waals surface area contributed by atoms with Gasteiger partial charge in [-0.2, -0.15) is 0 Å². The van der Waals surface area contributed by atoms with E-state index in [1.165, 1.54) is 12.1 Å². The number of benzene rings is 1. The fourth-order valence-electron chi connectivity index (χ4n) is 2.00. The largest absolute Gasteiger partial charge is 0.360 e. The summed E-state index contributed by atoms with van der Waals surface area (Å²) < 4.78 is 5.12. The summed E-state index contributed by atoms with van der Waals surface area (Å²) in [5.74, 6) is 0.656. The molecular weight excluding hydrogens is 274 g/mol. The van der Waals surface area contributed by atoms with Crippen molar-refractivity contribution >= 4 is 17.3 Å². The van der Waals surface area contributed by atoms with Gasteiger partial charge in [0, 0.05) is 24.1 Å². The summed E-state index contributed by atoms with van der Waals surface area (Å²) in [6.07, 6.45) is 2.11. The van der Waals surface area contributed by atoms with Crippen molar-refractivity contribution in [2.24, 2.45) is 0 Å². The second kappa shape index (κ2) is 5.01. The minimum Gasteiger partial charge on any atom is -0.360 e. The number of amides is 1. The first kappa shape index (κ1) is 13.3. The maximum atomic E-state index is 12.1. The molecule has 1 saturated carbocycles. The Kier molecular flexibility index (Phi) is 3.17. The second-order valence-corrected chi connectivity index (χ2v) is 5.10. The van der Waals surface area contributed by atoms with Gasteiger partial charge >= 0.3 is 0 Å². The maximum absolute atomic E-state index is 12.1. The molecule has 1 aliphatic carbocycles. The normalized spacial score (nSPS) is 14.0. The van der Waals surface area contributed by atoms with E-state index in [4.69, 9.17) is 4.52 Å². The summed E-state index contributed by atoms with van der Waals surface area (Å²) in [7, 11) is 0. The van der Waals surface area contributed by atoms with Gasteiger partial charge in [-0.05, 0) is 25.3 Å². The minimum atomic E-state index is -0.504. The zero-order chi connectivity index (χ0) is 15.0. The average Bonchev–Trinajstić information content (AvgIpc) is 3.18. The SMILES string of the molecule is Cc1ccc([N+](=O)[O-])cc1NC(=O)c1cc(C2CC2)on1. The van der Waals surface area contributed by atoms with E-state index in [0.717, 1.165) is 24.2 Å². The first-order chi connectivity index (χ1) is 10.0. The van der Waals surface area contributed by atoms with Crippen molar-refractivity contribution in [2.75, 3.05) is 5.32 Å². The standard InChI is InChI=1S/C14H13N3O4/c1-8-2-5-10(17(19)20)6-11(8)15-14(18)12-7-13(21-16-12)9-3-4-9/h2,5-7,9H,3-4H2,1H3,(H,15,18). The fourth-order valence-corrected chi connectivity index (χ4v) is 2.00. The average molecular weight is 287 g/mol. The Balaban J connectivity index is 1.79. The number of nitro benzene ring substituents is 1. The number of nitrogens with one attached hydrogen (secondary N) is 1. The molecule has 1 amide bonds. The van der Waals surface area contributed by atoms with Crippen LogP contribution in [0.2, 0.25) is 0 Å². The smallest absolute Gasteiger partial charge is 0.277 e. The Bertz CT molecular complexity index is 719. The van der Waals surface area contributed by atoms with E-state index in [-0.39, 0.29) is 11.4 Å². The molecule has 7 heteroatoms. The van der Waals surface area contributed by atoms with Gasteiger partial charge in [0.1, 0.15) is 5.76 Å². The topological polar surface area (TPSA) is 98.3 Å². The van der Waals surface area contributed by atoms with Crippen molar-refractivity contribution in [3.8, 4) is 0 Å². The number of hydrogen-bond donors (Lipinski definition) is 1. The monoisotopic (exact) mass is 287 g/mol. The number of rotatable bonds is 4. The van der Waals surface area contributed by atoms with Gasteiger partial charge in [-0.25, -0.2) is 0 Å². The van der Waals surface area contributed by atoms with Crippen LogP contribution in [0.1, 0.15) is 40.6 Å². The summed E-state index contributed by atoms with van der Waals surface area (Å²) >= 11 is 0. The number of nitro groups is 1. The lowest BCUT2D eigenvalue weighted by molar-refractivity contribution is -0.384. The molecule has 0 bridgehead atoms. The van der Waals surface area contributed by atoms with Crippen LogP contribution < -0.4 is 5.32 Å². The number of nitrogens with zero attached hydrogens (tertiary/aromatic N) is 2. The van der Waals surface area contributed by atoms with Gasteiger partial charge in [-0.15, -0.1) is 0 Å². The summed E-state index contributed by atoms with van der Waals surface area (Å²) in [5, 5.41) is 17.1. The highest BCUT2D eigenvalue weighted by atomic mass is 16.6. The van der Waals surface area contributed by atoms with E-state index in [0.29, 0.717) is 11.6 Å². The summed E-state index contributed by atoms with van der Waals surface area (Å²) in [4.78, 5) is 22.4. The Morgan fingerprint density at radius 2 is 2.19 bits per heavy atom. The molecule has 1 aromatic carbocycles. The van der Waals surface area contributed by atoms with E-state index < -0.39 is 10.8 Å². The van der Waals surface area contributed by atoms with Crippen LogP contribution in [0, 0.1) is 17.0 Å². The van der Waals surface area contributed by atoms with Crippen LogP contribution in [0.25, 0.3) is 0 Å². The highest BCUT2D eigenvalue weighted by Crippen LogP contribution is 2.40. The molecule has 7 nitrogen and oxygen atoms in total. The number of carbonyl (C=O) groups is 1. The molecule has 108 valence electrons.